The normalized spacial score (nSPS) is 21.5. The third-order valence-corrected chi connectivity index (χ3v) is 7.05. The molecular formula is C26H16O4S. The van der Waals surface area contributed by atoms with Crippen LogP contribution in [0.2, 0.25) is 0 Å². The first-order valence-corrected chi connectivity index (χ1v) is 11.1. The van der Waals surface area contributed by atoms with Crippen LogP contribution in [0.1, 0.15) is 28.4 Å². The maximum Gasteiger partial charge on any atom is 0.346 e. The summed E-state index contributed by atoms with van der Waals surface area (Å²) < 4.78 is 18.9. The van der Waals surface area contributed by atoms with Crippen LogP contribution in [0.25, 0.3) is 21.7 Å². The van der Waals surface area contributed by atoms with Crippen molar-refractivity contribution in [1.29, 1.82) is 0 Å². The van der Waals surface area contributed by atoms with Crippen molar-refractivity contribution in [2.24, 2.45) is 0 Å². The van der Waals surface area contributed by atoms with Gasteiger partial charge in [-0.05, 0) is 45.5 Å². The second-order valence-corrected chi connectivity index (χ2v) is 8.80. The molecule has 31 heavy (non-hydrogen) atoms. The van der Waals surface area contributed by atoms with E-state index in [1.807, 2.05) is 41.8 Å². The monoisotopic (exact) mass is 424 g/mol. The van der Waals surface area contributed by atoms with Crippen molar-refractivity contribution in [2.45, 2.75) is 18.3 Å². The molecule has 0 radical (unpaired) electrons. The number of para-hydroxylation sites is 1. The summed E-state index contributed by atoms with van der Waals surface area (Å²) in [4.78, 5) is 13.1. The Morgan fingerprint density at radius 1 is 0.935 bits per heavy atom. The molecule has 5 heteroatoms. The van der Waals surface area contributed by atoms with Gasteiger partial charge in [0, 0.05) is 17.4 Å². The summed E-state index contributed by atoms with van der Waals surface area (Å²) in [7, 11) is 0. The van der Waals surface area contributed by atoms with Crippen LogP contribution in [0.4, 0.5) is 0 Å². The smallest absolute Gasteiger partial charge is 0.346 e. The zero-order chi connectivity index (χ0) is 20.6. The Labute approximate surface area is 181 Å². The Balaban J connectivity index is 1.61. The quantitative estimate of drug-likeness (QED) is 0.314. The van der Waals surface area contributed by atoms with Gasteiger partial charge in [-0.3, -0.25) is 0 Å². The van der Waals surface area contributed by atoms with E-state index in [-0.39, 0.29) is 0 Å². The van der Waals surface area contributed by atoms with Gasteiger partial charge in [-0.1, -0.05) is 48.5 Å². The molecule has 0 saturated carbocycles. The number of thiophene rings is 1. The van der Waals surface area contributed by atoms with Crippen molar-refractivity contribution < 1.29 is 13.9 Å². The van der Waals surface area contributed by atoms with E-state index in [2.05, 4.69) is 29.6 Å². The molecule has 2 aliphatic rings. The van der Waals surface area contributed by atoms with Gasteiger partial charge < -0.3 is 13.9 Å². The third-order valence-electron chi connectivity index (χ3n) is 6.37. The first-order chi connectivity index (χ1) is 15.2. The zero-order valence-corrected chi connectivity index (χ0v) is 17.1. The summed E-state index contributed by atoms with van der Waals surface area (Å²) in [6.07, 6.45) is 0.00290. The first kappa shape index (κ1) is 17.3. The molecule has 1 unspecified atom stereocenters. The lowest BCUT2D eigenvalue weighted by Crippen LogP contribution is -2.47. The van der Waals surface area contributed by atoms with Gasteiger partial charge in [-0.2, -0.15) is 11.3 Å². The Bertz CT molecular complexity index is 1550. The highest BCUT2D eigenvalue weighted by atomic mass is 32.1. The van der Waals surface area contributed by atoms with E-state index >= 15 is 0 Å². The standard InChI is InChI=1S/C26H16O4S/c27-25-22-23-18-10-9-15-5-1-2-6-17(15)20(18)13-26(29-23,16-11-12-31-14-16)30-24(22)19-7-3-4-8-21(19)28-25/h1-12,14,23H,13H2/t23?,26-/m1/s1. The number of benzene rings is 3. The van der Waals surface area contributed by atoms with Crippen molar-refractivity contribution in [2.75, 3.05) is 0 Å². The first-order valence-electron chi connectivity index (χ1n) is 10.2. The molecule has 0 N–H and O–H groups in total. The highest BCUT2D eigenvalue weighted by Crippen LogP contribution is 2.54. The molecule has 0 fully saturated rings. The van der Waals surface area contributed by atoms with E-state index in [9.17, 15) is 4.79 Å². The topological polar surface area (TPSA) is 48.7 Å². The molecule has 2 atom stereocenters. The highest BCUT2D eigenvalue weighted by molar-refractivity contribution is 7.08. The van der Waals surface area contributed by atoms with Crippen molar-refractivity contribution in [3.05, 3.63) is 110 Å². The van der Waals surface area contributed by atoms with Crippen LogP contribution < -0.4 is 10.4 Å². The van der Waals surface area contributed by atoms with Gasteiger partial charge in [0.25, 0.3) is 0 Å². The third kappa shape index (κ3) is 2.30. The van der Waals surface area contributed by atoms with E-state index in [0.29, 0.717) is 23.3 Å². The number of fused-ring (bicyclic) bond motifs is 10. The van der Waals surface area contributed by atoms with Crippen LogP contribution in [0.5, 0.6) is 5.75 Å². The lowest BCUT2D eigenvalue weighted by atomic mass is 9.82. The number of rotatable bonds is 1. The van der Waals surface area contributed by atoms with Crippen molar-refractivity contribution in [3.8, 4) is 5.75 Å². The van der Waals surface area contributed by atoms with E-state index in [1.54, 1.807) is 17.4 Å². The lowest BCUT2D eigenvalue weighted by Gasteiger charge is -2.46. The van der Waals surface area contributed by atoms with Gasteiger partial charge in [-0.15, -0.1) is 0 Å². The summed E-state index contributed by atoms with van der Waals surface area (Å²) in [6.45, 7) is 0. The molecule has 2 bridgehead atoms. The maximum atomic E-state index is 13.1. The summed E-state index contributed by atoms with van der Waals surface area (Å²) >= 11 is 1.61. The van der Waals surface area contributed by atoms with Crippen LogP contribution in [-0.2, 0) is 16.9 Å². The van der Waals surface area contributed by atoms with Gasteiger partial charge in [0.2, 0.25) is 5.79 Å². The van der Waals surface area contributed by atoms with Crippen molar-refractivity contribution in [1.82, 2.24) is 0 Å². The van der Waals surface area contributed by atoms with E-state index < -0.39 is 17.5 Å². The van der Waals surface area contributed by atoms with Crippen LogP contribution in [0.15, 0.2) is 86.7 Å². The molecule has 0 saturated heterocycles. The molecule has 2 aliphatic heterocycles. The summed E-state index contributed by atoms with van der Waals surface area (Å²) in [6, 6.07) is 22.0. The predicted octanol–water partition coefficient (Wildman–Crippen LogP) is 5.92. The SMILES string of the molecule is O=c1oc2ccccc2c2c1C1O[C@](c3ccsc3)(Cc3c1ccc1ccccc31)O2. The van der Waals surface area contributed by atoms with Crippen molar-refractivity contribution in [3.63, 3.8) is 0 Å². The van der Waals surface area contributed by atoms with E-state index in [1.165, 1.54) is 0 Å². The molecule has 7 rings (SSSR count). The van der Waals surface area contributed by atoms with Crippen LogP contribution in [0.3, 0.4) is 0 Å². The zero-order valence-electron chi connectivity index (χ0n) is 16.3. The van der Waals surface area contributed by atoms with Crippen LogP contribution in [0, 0.1) is 0 Å². The molecular weight excluding hydrogens is 408 g/mol. The van der Waals surface area contributed by atoms with Gasteiger partial charge in [0.15, 0.2) is 0 Å². The average Bonchev–Trinajstić information content (AvgIpc) is 3.35. The number of hydrogen-bond donors (Lipinski definition) is 0. The molecule has 4 heterocycles. The Hall–Kier alpha value is -3.41. The van der Waals surface area contributed by atoms with Gasteiger partial charge in [0.05, 0.1) is 5.39 Å². The van der Waals surface area contributed by atoms with Gasteiger partial charge >= 0.3 is 5.63 Å². The Kier molecular flexibility index (Phi) is 3.38. The molecule has 5 aromatic rings. The molecule has 0 aliphatic carbocycles. The van der Waals surface area contributed by atoms with Gasteiger partial charge in [0.1, 0.15) is 23.0 Å². The average molecular weight is 424 g/mol. The second kappa shape index (κ2) is 6.06. The summed E-state index contributed by atoms with van der Waals surface area (Å²) in [5.74, 6) is -0.432. The molecule has 3 aromatic carbocycles. The Morgan fingerprint density at radius 2 is 1.77 bits per heavy atom. The minimum Gasteiger partial charge on any atom is -0.456 e. The number of ether oxygens (including phenoxy) is 2. The second-order valence-electron chi connectivity index (χ2n) is 8.02. The largest absolute Gasteiger partial charge is 0.456 e. The van der Waals surface area contributed by atoms with Crippen LogP contribution >= 0.6 is 11.3 Å². The predicted molar refractivity (Wildman–Crippen MR) is 120 cm³/mol. The fraction of sp³-hybridized carbons (Fsp3) is 0.115. The van der Waals surface area contributed by atoms with Crippen LogP contribution in [-0.4, -0.2) is 0 Å². The molecule has 0 amide bonds. The van der Waals surface area contributed by atoms with E-state index in [4.69, 9.17) is 13.9 Å². The molecule has 4 nitrogen and oxygen atoms in total. The van der Waals surface area contributed by atoms with Crippen molar-refractivity contribution >= 4 is 33.1 Å². The maximum absolute atomic E-state index is 13.1. The van der Waals surface area contributed by atoms with Gasteiger partial charge in [-0.25, -0.2) is 4.79 Å². The number of hydrogen-bond acceptors (Lipinski definition) is 5. The summed E-state index contributed by atoms with van der Waals surface area (Å²) in [5.41, 5.74) is 3.64. The lowest BCUT2D eigenvalue weighted by molar-refractivity contribution is -0.236. The molecule has 150 valence electrons. The minimum absolute atomic E-state index is 0.418. The minimum atomic E-state index is -0.995. The summed E-state index contributed by atoms with van der Waals surface area (Å²) in [5, 5.41) is 7.19. The molecule has 2 aromatic heterocycles. The Morgan fingerprint density at radius 3 is 2.65 bits per heavy atom. The molecule has 0 spiro atoms. The fourth-order valence-electron chi connectivity index (χ4n) is 4.95. The van der Waals surface area contributed by atoms with E-state index in [0.717, 1.165) is 32.8 Å². The highest BCUT2D eigenvalue weighted by Gasteiger charge is 2.51. The fourth-order valence-corrected chi connectivity index (χ4v) is 5.65.